The summed E-state index contributed by atoms with van der Waals surface area (Å²) in [4.78, 5) is 15.5. The number of nitrogens with two attached hydrogens (primary N) is 1. The van der Waals surface area contributed by atoms with Crippen LogP contribution in [0.5, 0.6) is 11.9 Å². The van der Waals surface area contributed by atoms with Crippen LogP contribution in [0.1, 0.15) is 25.7 Å². The van der Waals surface area contributed by atoms with Crippen LogP contribution in [0, 0.1) is 11.6 Å². The lowest BCUT2D eigenvalue weighted by molar-refractivity contribution is 0.108. The molecule has 0 atom stereocenters. The number of fused-ring (bicyclic) bond motifs is 3. The fraction of sp³-hybridized carbons (Fsp3) is 0.346. The highest BCUT2D eigenvalue weighted by molar-refractivity contribution is 6.00. The van der Waals surface area contributed by atoms with E-state index >= 15 is 4.39 Å². The minimum absolute atomic E-state index is 0.00838. The van der Waals surface area contributed by atoms with E-state index in [0.29, 0.717) is 22.9 Å². The minimum Gasteiger partial charge on any atom is -0.480 e. The summed E-state index contributed by atoms with van der Waals surface area (Å²) in [6.07, 6.45) is 4.39. The zero-order valence-electron chi connectivity index (χ0n) is 19.4. The van der Waals surface area contributed by atoms with Gasteiger partial charge < -0.3 is 15.2 Å². The number of methoxy groups -OCH3 is 1. The summed E-state index contributed by atoms with van der Waals surface area (Å²) in [6.45, 7) is 2.56. The summed E-state index contributed by atoms with van der Waals surface area (Å²) in [5.74, 6) is -0.980. The van der Waals surface area contributed by atoms with Crippen LogP contribution in [0.15, 0.2) is 36.4 Å². The molecule has 7 nitrogen and oxygen atoms in total. The normalized spacial score (nSPS) is 17.2. The van der Waals surface area contributed by atoms with E-state index in [4.69, 9.17) is 15.2 Å². The molecule has 0 unspecified atom stereocenters. The molecule has 4 heterocycles. The van der Waals surface area contributed by atoms with Gasteiger partial charge in [0.05, 0.1) is 12.6 Å². The van der Waals surface area contributed by atoms with Gasteiger partial charge in [0.15, 0.2) is 5.82 Å². The van der Waals surface area contributed by atoms with Crippen molar-refractivity contribution in [2.45, 2.75) is 31.2 Å². The predicted molar refractivity (Wildman–Crippen MR) is 129 cm³/mol. The van der Waals surface area contributed by atoms with Crippen molar-refractivity contribution in [2.24, 2.45) is 0 Å². The third kappa shape index (κ3) is 3.44. The number of anilines is 1. The Balaban J connectivity index is 1.47. The van der Waals surface area contributed by atoms with Crippen LogP contribution in [0.25, 0.3) is 32.9 Å². The topological polar surface area (TPSA) is 86.4 Å². The Kier molecular flexibility index (Phi) is 5.17. The minimum atomic E-state index is -0.696. The number of nitrogen functional groups attached to an aromatic ring is 1. The first-order valence-electron chi connectivity index (χ1n) is 11.8. The Labute approximate surface area is 200 Å². The SMILES string of the molecule is COc1nc(-c2ccc(F)c3ccccc23)c(F)c2nc(OCC34CCCN3CCC4)nc(N)c12. The quantitative estimate of drug-likeness (QED) is 0.445. The van der Waals surface area contributed by atoms with Gasteiger partial charge in [-0.2, -0.15) is 9.97 Å². The number of rotatable bonds is 5. The summed E-state index contributed by atoms with van der Waals surface area (Å²) < 4.78 is 41.9. The molecule has 0 amide bonds. The van der Waals surface area contributed by atoms with E-state index in [1.807, 2.05) is 0 Å². The summed E-state index contributed by atoms with van der Waals surface area (Å²) >= 11 is 0. The van der Waals surface area contributed by atoms with Crippen LogP contribution in [-0.4, -0.2) is 52.2 Å². The monoisotopic (exact) mass is 477 g/mol. The lowest BCUT2D eigenvalue weighted by Crippen LogP contribution is -2.43. The second-order valence-electron chi connectivity index (χ2n) is 9.25. The first-order chi connectivity index (χ1) is 17.0. The maximum Gasteiger partial charge on any atom is 0.319 e. The van der Waals surface area contributed by atoms with Crippen LogP contribution >= 0.6 is 0 Å². The number of hydrogen-bond acceptors (Lipinski definition) is 7. The summed E-state index contributed by atoms with van der Waals surface area (Å²) in [5.41, 5.74) is 6.57. The molecule has 2 aromatic carbocycles. The van der Waals surface area contributed by atoms with Crippen molar-refractivity contribution >= 4 is 27.5 Å². The number of benzene rings is 2. The van der Waals surface area contributed by atoms with E-state index in [1.165, 1.54) is 19.2 Å². The number of nitrogens with zero attached hydrogens (tertiary/aromatic N) is 4. The predicted octanol–water partition coefficient (Wildman–Crippen LogP) is 4.72. The van der Waals surface area contributed by atoms with Crippen molar-refractivity contribution in [1.82, 2.24) is 19.9 Å². The zero-order valence-corrected chi connectivity index (χ0v) is 19.4. The molecule has 0 spiro atoms. The van der Waals surface area contributed by atoms with Gasteiger partial charge in [-0.25, -0.2) is 13.8 Å². The summed E-state index contributed by atoms with van der Waals surface area (Å²) in [7, 11) is 1.42. The van der Waals surface area contributed by atoms with Gasteiger partial charge in [-0.1, -0.05) is 24.3 Å². The van der Waals surface area contributed by atoms with Crippen LogP contribution in [0.2, 0.25) is 0 Å². The van der Waals surface area contributed by atoms with Crippen LogP contribution in [0.3, 0.4) is 0 Å². The Bertz CT molecular complexity index is 1450. The Morgan fingerprint density at radius 3 is 2.49 bits per heavy atom. The van der Waals surface area contributed by atoms with E-state index in [9.17, 15) is 4.39 Å². The maximum absolute atomic E-state index is 16.0. The van der Waals surface area contributed by atoms with E-state index in [0.717, 1.165) is 38.8 Å². The van der Waals surface area contributed by atoms with Crippen LogP contribution in [-0.2, 0) is 0 Å². The van der Waals surface area contributed by atoms with E-state index in [1.54, 1.807) is 24.3 Å². The fourth-order valence-corrected chi connectivity index (χ4v) is 5.66. The number of halogens is 2. The lowest BCUT2D eigenvalue weighted by atomic mass is 9.95. The summed E-state index contributed by atoms with van der Waals surface area (Å²) in [5, 5.41) is 1.07. The Morgan fingerprint density at radius 2 is 1.74 bits per heavy atom. The standard InChI is InChI=1S/C26H25F2N5O2/c1-34-24-19-22(20(28)21(30-24)17-8-9-18(27)16-7-3-2-6-15(16)17)31-25(32-23(19)29)35-14-26-10-4-12-33(26)13-5-11-26/h2-3,6-9H,4-5,10-14H2,1H3,(H2,29,31,32). The highest BCUT2D eigenvalue weighted by Gasteiger charge is 2.45. The van der Waals surface area contributed by atoms with Gasteiger partial charge in [0.25, 0.3) is 0 Å². The van der Waals surface area contributed by atoms with Gasteiger partial charge in [0, 0.05) is 10.9 Å². The van der Waals surface area contributed by atoms with Crippen molar-refractivity contribution in [3.8, 4) is 23.1 Å². The van der Waals surface area contributed by atoms with Crippen molar-refractivity contribution in [3.63, 3.8) is 0 Å². The van der Waals surface area contributed by atoms with Gasteiger partial charge in [-0.3, -0.25) is 4.90 Å². The molecule has 0 radical (unpaired) electrons. The van der Waals surface area contributed by atoms with Gasteiger partial charge in [-0.05, 0) is 56.3 Å². The Hall–Kier alpha value is -3.59. The molecule has 2 saturated heterocycles. The number of ether oxygens (including phenoxy) is 2. The second-order valence-corrected chi connectivity index (χ2v) is 9.25. The van der Waals surface area contributed by atoms with E-state index < -0.39 is 11.6 Å². The average molecular weight is 478 g/mol. The molecular weight excluding hydrogens is 452 g/mol. The van der Waals surface area contributed by atoms with Gasteiger partial charge in [0.1, 0.15) is 34.8 Å². The van der Waals surface area contributed by atoms with Crippen molar-refractivity contribution in [2.75, 3.05) is 32.5 Å². The molecule has 2 aliphatic rings. The van der Waals surface area contributed by atoms with Crippen molar-refractivity contribution in [3.05, 3.63) is 48.0 Å². The number of hydrogen-bond donors (Lipinski definition) is 1. The molecule has 2 aliphatic heterocycles. The number of pyridine rings is 1. The molecule has 9 heteroatoms. The molecule has 0 saturated carbocycles. The third-order valence-electron chi connectivity index (χ3n) is 7.36. The molecule has 2 N–H and O–H groups in total. The molecule has 0 bridgehead atoms. The molecule has 2 fully saturated rings. The molecule has 0 aliphatic carbocycles. The average Bonchev–Trinajstić information content (AvgIpc) is 3.45. The highest BCUT2D eigenvalue weighted by Crippen LogP contribution is 2.40. The Morgan fingerprint density at radius 1 is 1.00 bits per heavy atom. The van der Waals surface area contributed by atoms with Gasteiger partial charge in [-0.15, -0.1) is 0 Å². The molecule has 180 valence electrons. The zero-order chi connectivity index (χ0) is 24.2. The molecule has 35 heavy (non-hydrogen) atoms. The van der Waals surface area contributed by atoms with E-state index in [-0.39, 0.29) is 39.8 Å². The first-order valence-corrected chi connectivity index (χ1v) is 11.8. The second kappa shape index (κ2) is 8.27. The van der Waals surface area contributed by atoms with Gasteiger partial charge in [0.2, 0.25) is 5.88 Å². The fourth-order valence-electron chi connectivity index (χ4n) is 5.66. The van der Waals surface area contributed by atoms with Crippen LogP contribution in [0.4, 0.5) is 14.6 Å². The largest absolute Gasteiger partial charge is 0.480 e. The van der Waals surface area contributed by atoms with E-state index in [2.05, 4.69) is 19.9 Å². The first kappa shape index (κ1) is 21.9. The smallest absolute Gasteiger partial charge is 0.319 e. The maximum atomic E-state index is 16.0. The lowest BCUT2D eigenvalue weighted by Gasteiger charge is -2.31. The molecule has 2 aromatic heterocycles. The van der Waals surface area contributed by atoms with Crippen molar-refractivity contribution < 1.29 is 18.3 Å². The van der Waals surface area contributed by atoms with Crippen molar-refractivity contribution in [1.29, 1.82) is 0 Å². The third-order valence-corrected chi connectivity index (χ3v) is 7.36. The van der Waals surface area contributed by atoms with Gasteiger partial charge >= 0.3 is 6.01 Å². The summed E-state index contributed by atoms with van der Waals surface area (Å²) in [6, 6.07) is 9.69. The highest BCUT2D eigenvalue weighted by atomic mass is 19.1. The van der Waals surface area contributed by atoms with Crippen LogP contribution < -0.4 is 15.2 Å². The molecule has 4 aromatic rings. The number of aromatic nitrogens is 3. The molecule has 6 rings (SSSR count). The molecular formula is C26H25F2N5O2.